The fourth-order valence-corrected chi connectivity index (χ4v) is 3.31. The lowest BCUT2D eigenvalue weighted by Gasteiger charge is -2.35. The highest BCUT2D eigenvalue weighted by atomic mass is 16.4. The summed E-state index contributed by atoms with van der Waals surface area (Å²) >= 11 is 0. The first-order chi connectivity index (χ1) is 10.1. The van der Waals surface area contributed by atoms with Crippen molar-refractivity contribution in [3.8, 4) is 0 Å². The summed E-state index contributed by atoms with van der Waals surface area (Å²) in [5, 5.41) is 9.48. The van der Waals surface area contributed by atoms with Crippen molar-refractivity contribution in [3.05, 3.63) is 46.5 Å². The Kier molecular flexibility index (Phi) is 3.53. The molecule has 0 aromatic heterocycles. The van der Waals surface area contributed by atoms with Crippen molar-refractivity contribution in [1.82, 2.24) is 4.90 Å². The second kappa shape index (κ2) is 5.35. The summed E-state index contributed by atoms with van der Waals surface area (Å²) in [7, 11) is 0. The first-order valence-electron chi connectivity index (χ1n) is 7.37. The Bertz CT molecular complexity index is 633. The van der Waals surface area contributed by atoms with Gasteiger partial charge in [-0.1, -0.05) is 29.8 Å². The number of allylic oxidation sites excluding steroid dienone is 1. The molecule has 0 saturated carbocycles. The Morgan fingerprint density at radius 3 is 2.52 bits per heavy atom. The van der Waals surface area contributed by atoms with Gasteiger partial charge in [0.15, 0.2) is 0 Å². The van der Waals surface area contributed by atoms with Crippen LogP contribution in [0.2, 0.25) is 0 Å². The number of carboxylic acids is 1. The third kappa shape index (κ3) is 2.46. The van der Waals surface area contributed by atoms with Crippen molar-refractivity contribution in [2.45, 2.75) is 45.2 Å². The maximum Gasteiger partial charge on any atom is 0.326 e. The molecule has 0 saturated heterocycles. The molecule has 1 aromatic carbocycles. The smallest absolute Gasteiger partial charge is 0.326 e. The highest BCUT2D eigenvalue weighted by Crippen LogP contribution is 2.31. The van der Waals surface area contributed by atoms with Crippen LogP contribution in [0.25, 0.3) is 0 Å². The lowest BCUT2D eigenvalue weighted by molar-refractivity contribution is -0.149. The van der Waals surface area contributed by atoms with E-state index in [2.05, 4.69) is 0 Å². The molecule has 110 valence electrons. The van der Waals surface area contributed by atoms with Crippen molar-refractivity contribution in [1.29, 1.82) is 0 Å². The minimum atomic E-state index is -0.922. The standard InChI is InChI=1S/C17H19NO3/c1-11-5-4-8-14(11)16(19)18-10-13-7-3-2-6-12(13)9-15(18)17(20)21/h2-3,6-7,15H,4-5,8-10H2,1H3,(H,20,21). The Labute approximate surface area is 124 Å². The summed E-state index contributed by atoms with van der Waals surface area (Å²) < 4.78 is 0. The fraction of sp³-hybridized carbons (Fsp3) is 0.412. The second-order valence-electron chi connectivity index (χ2n) is 5.87. The molecule has 1 heterocycles. The molecular formula is C17H19NO3. The van der Waals surface area contributed by atoms with Crippen molar-refractivity contribution >= 4 is 11.9 Å². The van der Waals surface area contributed by atoms with Crippen molar-refractivity contribution in [2.75, 3.05) is 0 Å². The summed E-state index contributed by atoms with van der Waals surface area (Å²) in [5.74, 6) is -1.01. The Hall–Kier alpha value is -2.10. The highest BCUT2D eigenvalue weighted by Gasteiger charge is 2.36. The molecule has 1 amide bonds. The van der Waals surface area contributed by atoms with Gasteiger partial charge in [0.05, 0.1) is 0 Å². The topological polar surface area (TPSA) is 57.6 Å². The zero-order valence-corrected chi connectivity index (χ0v) is 12.1. The van der Waals surface area contributed by atoms with Crippen LogP contribution in [0, 0.1) is 0 Å². The van der Waals surface area contributed by atoms with Gasteiger partial charge in [0.2, 0.25) is 0 Å². The van der Waals surface area contributed by atoms with Crippen molar-refractivity contribution < 1.29 is 14.7 Å². The molecule has 1 aliphatic carbocycles. The SMILES string of the molecule is CC1=C(C(=O)N2Cc3ccccc3CC2C(=O)O)CCC1. The van der Waals surface area contributed by atoms with Gasteiger partial charge in [-0.15, -0.1) is 0 Å². The van der Waals surface area contributed by atoms with E-state index >= 15 is 0 Å². The van der Waals surface area contributed by atoms with E-state index in [1.807, 2.05) is 31.2 Å². The average Bonchev–Trinajstić information content (AvgIpc) is 2.91. The second-order valence-corrected chi connectivity index (χ2v) is 5.87. The van der Waals surface area contributed by atoms with Gasteiger partial charge in [-0.05, 0) is 37.3 Å². The van der Waals surface area contributed by atoms with Gasteiger partial charge in [-0.25, -0.2) is 4.79 Å². The van der Waals surface area contributed by atoms with Crippen LogP contribution in [-0.2, 0) is 22.6 Å². The normalized spacial score (nSPS) is 21.4. The van der Waals surface area contributed by atoms with E-state index in [0.29, 0.717) is 13.0 Å². The molecule has 3 rings (SSSR count). The highest BCUT2D eigenvalue weighted by molar-refractivity contribution is 5.97. The van der Waals surface area contributed by atoms with Crippen molar-refractivity contribution in [3.63, 3.8) is 0 Å². The van der Waals surface area contributed by atoms with Crippen LogP contribution < -0.4 is 0 Å². The summed E-state index contributed by atoms with van der Waals surface area (Å²) in [5.41, 5.74) is 4.02. The van der Waals surface area contributed by atoms with Crippen molar-refractivity contribution in [2.24, 2.45) is 0 Å². The summed E-state index contributed by atoms with van der Waals surface area (Å²) in [4.78, 5) is 25.8. The zero-order chi connectivity index (χ0) is 15.0. The number of carbonyl (C=O) groups excluding carboxylic acids is 1. The summed E-state index contributed by atoms with van der Waals surface area (Å²) in [6.07, 6.45) is 3.11. The molecule has 1 aliphatic heterocycles. The van der Waals surface area contributed by atoms with E-state index in [4.69, 9.17) is 0 Å². The Balaban J connectivity index is 1.94. The molecular weight excluding hydrogens is 266 g/mol. The molecule has 0 fully saturated rings. The van der Waals surface area contributed by atoms with E-state index in [-0.39, 0.29) is 5.91 Å². The molecule has 2 aliphatic rings. The third-order valence-electron chi connectivity index (χ3n) is 4.55. The van der Waals surface area contributed by atoms with E-state index in [1.165, 1.54) is 4.90 Å². The van der Waals surface area contributed by atoms with Crippen LogP contribution in [-0.4, -0.2) is 27.9 Å². The molecule has 1 aromatic rings. The largest absolute Gasteiger partial charge is 0.480 e. The number of amides is 1. The van der Waals surface area contributed by atoms with Crippen LogP contribution in [0.3, 0.4) is 0 Å². The molecule has 4 nitrogen and oxygen atoms in total. The van der Waals surface area contributed by atoms with Gasteiger partial charge < -0.3 is 10.0 Å². The number of hydrogen-bond acceptors (Lipinski definition) is 2. The van der Waals surface area contributed by atoms with Crippen LogP contribution in [0.1, 0.15) is 37.3 Å². The molecule has 0 bridgehead atoms. The first kappa shape index (κ1) is 13.9. The monoisotopic (exact) mass is 285 g/mol. The number of hydrogen-bond donors (Lipinski definition) is 1. The molecule has 21 heavy (non-hydrogen) atoms. The lowest BCUT2D eigenvalue weighted by Crippen LogP contribution is -2.49. The number of benzene rings is 1. The summed E-state index contributed by atoms with van der Waals surface area (Å²) in [6, 6.07) is 7.02. The minimum Gasteiger partial charge on any atom is -0.480 e. The van der Waals surface area contributed by atoms with Crippen LogP contribution in [0.15, 0.2) is 35.4 Å². The molecule has 0 radical (unpaired) electrons. The quantitative estimate of drug-likeness (QED) is 0.908. The molecule has 4 heteroatoms. The Morgan fingerprint density at radius 2 is 1.90 bits per heavy atom. The van der Waals surface area contributed by atoms with Gasteiger partial charge in [-0.2, -0.15) is 0 Å². The maximum atomic E-state index is 12.7. The van der Waals surface area contributed by atoms with E-state index < -0.39 is 12.0 Å². The van der Waals surface area contributed by atoms with E-state index in [1.54, 1.807) is 0 Å². The third-order valence-corrected chi connectivity index (χ3v) is 4.55. The number of rotatable bonds is 2. The summed E-state index contributed by atoms with van der Waals surface area (Å²) in [6.45, 7) is 2.37. The van der Waals surface area contributed by atoms with E-state index in [9.17, 15) is 14.7 Å². The Morgan fingerprint density at radius 1 is 1.19 bits per heavy atom. The zero-order valence-electron chi connectivity index (χ0n) is 12.1. The van der Waals surface area contributed by atoms with Gasteiger partial charge >= 0.3 is 5.97 Å². The van der Waals surface area contributed by atoms with Crippen LogP contribution in [0.4, 0.5) is 0 Å². The van der Waals surface area contributed by atoms with Gasteiger partial charge in [-0.3, -0.25) is 4.79 Å². The molecule has 1 atom stereocenters. The predicted molar refractivity (Wildman–Crippen MR) is 78.7 cm³/mol. The van der Waals surface area contributed by atoms with Gasteiger partial charge in [0.1, 0.15) is 6.04 Å². The number of fused-ring (bicyclic) bond motifs is 1. The molecule has 1 unspecified atom stereocenters. The first-order valence-corrected chi connectivity index (χ1v) is 7.37. The van der Waals surface area contributed by atoms with Crippen LogP contribution >= 0.6 is 0 Å². The van der Waals surface area contributed by atoms with Crippen LogP contribution in [0.5, 0.6) is 0 Å². The lowest BCUT2D eigenvalue weighted by atomic mass is 9.93. The molecule has 1 N–H and O–H groups in total. The van der Waals surface area contributed by atoms with Gasteiger partial charge in [0, 0.05) is 18.5 Å². The average molecular weight is 285 g/mol. The van der Waals surface area contributed by atoms with Gasteiger partial charge in [0.25, 0.3) is 5.91 Å². The fourth-order valence-electron chi connectivity index (χ4n) is 3.31. The van der Waals surface area contributed by atoms with E-state index in [0.717, 1.165) is 41.5 Å². The predicted octanol–water partition coefficient (Wildman–Crippen LogP) is 2.52. The minimum absolute atomic E-state index is 0.0908. The number of carboxylic acid groups (broad SMARTS) is 1. The number of carbonyl (C=O) groups is 2. The number of nitrogens with zero attached hydrogens (tertiary/aromatic N) is 1. The number of aliphatic carboxylic acids is 1. The molecule has 0 spiro atoms. The maximum absolute atomic E-state index is 12.7.